The van der Waals surface area contributed by atoms with E-state index in [2.05, 4.69) is 0 Å². The molecule has 0 atom stereocenters. The molecule has 0 unspecified atom stereocenters. The third-order valence-electron chi connectivity index (χ3n) is 2.64. The fourth-order valence-corrected chi connectivity index (χ4v) is 1.66. The lowest BCUT2D eigenvalue weighted by Gasteiger charge is -2.08. The number of carboxylic acids is 2. The quantitative estimate of drug-likeness (QED) is 0.788. The van der Waals surface area contributed by atoms with Gasteiger partial charge in [-0.2, -0.15) is 0 Å². The van der Waals surface area contributed by atoms with Crippen molar-refractivity contribution in [1.82, 2.24) is 0 Å². The van der Waals surface area contributed by atoms with Crippen molar-refractivity contribution in [2.24, 2.45) is 0 Å². The SMILES string of the molecule is O=C([O-])c1ccc(-c2ccc(C(=O)[O-])c(F)c2)cc1. The van der Waals surface area contributed by atoms with Crippen molar-refractivity contribution in [3.63, 3.8) is 0 Å². The summed E-state index contributed by atoms with van der Waals surface area (Å²) in [5.74, 6) is -3.79. The Morgan fingerprint density at radius 1 is 0.842 bits per heavy atom. The van der Waals surface area contributed by atoms with Crippen molar-refractivity contribution in [3.8, 4) is 11.1 Å². The van der Waals surface area contributed by atoms with Crippen LogP contribution in [0.5, 0.6) is 0 Å². The molecule has 0 saturated carbocycles. The summed E-state index contributed by atoms with van der Waals surface area (Å²) < 4.78 is 13.5. The Morgan fingerprint density at radius 3 is 1.89 bits per heavy atom. The van der Waals surface area contributed by atoms with Crippen molar-refractivity contribution in [2.45, 2.75) is 0 Å². The predicted octanol–water partition coefficient (Wildman–Crippen LogP) is 0.220. The van der Waals surface area contributed by atoms with Crippen LogP contribution in [0.2, 0.25) is 0 Å². The Kier molecular flexibility index (Phi) is 3.29. The maximum absolute atomic E-state index is 13.5. The first-order valence-electron chi connectivity index (χ1n) is 5.31. The molecule has 0 radical (unpaired) electrons. The lowest BCUT2D eigenvalue weighted by molar-refractivity contribution is -0.256. The highest BCUT2D eigenvalue weighted by Crippen LogP contribution is 2.22. The van der Waals surface area contributed by atoms with E-state index in [-0.39, 0.29) is 5.56 Å². The van der Waals surface area contributed by atoms with Crippen LogP contribution in [-0.2, 0) is 0 Å². The molecular weight excluding hydrogens is 251 g/mol. The summed E-state index contributed by atoms with van der Waals surface area (Å²) in [7, 11) is 0. The van der Waals surface area contributed by atoms with Gasteiger partial charge < -0.3 is 19.8 Å². The Hall–Kier alpha value is -2.69. The first-order chi connectivity index (χ1) is 8.99. The summed E-state index contributed by atoms with van der Waals surface area (Å²) in [4.78, 5) is 21.1. The fourth-order valence-electron chi connectivity index (χ4n) is 1.66. The van der Waals surface area contributed by atoms with Gasteiger partial charge in [0.2, 0.25) is 0 Å². The fraction of sp³-hybridized carbons (Fsp3) is 0. The highest BCUT2D eigenvalue weighted by atomic mass is 19.1. The minimum Gasteiger partial charge on any atom is -0.545 e. The number of carboxylic acid groups (broad SMARTS) is 2. The van der Waals surface area contributed by atoms with Crippen LogP contribution in [0.15, 0.2) is 42.5 Å². The Labute approximate surface area is 107 Å². The molecule has 19 heavy (non-hydrogen) atoms. The van der Waals surface area contributed by atoms with Crippen molar-refractivity contribution in [3.05, 3.63) is 59.4 Å². The number of carbonyl (C=O) groups is 2. The van der Waals surface area contributed by atoms with Crippen molar-refractivity contribution < 1.29 is 24.2 Å². The van der Waals surface area contributed by atoms with Crippen LogP contribution in [0, 0.1) is 5.82 Å². The summed E-state index contributed by atoms with van der Waals surface area (Å²) in [6, 6.07) is 9.20. The zero-order valence-corrected chi connectivity index (χ0v) is 9.55. The molecule has 0 N–H and O–H groups in total. The molecule has 2 aromatic rings. The van der Waals surface area contributed by atoms with E-state index in [1.165, 1.54) is 30.3 Å². The van der Waals surface area contributed by atoms with Gasteiger partial charge in [0.25, 0.3) is 0 Å². The van der Waals surface area contributed by atoms with Crippen LogP contribution in [0.25, 0.3) is 11.1 Å². The lowest BCUT2D eigenvalue weighted by Crippen LogP contribution is -2.23. The average molecular weight is 258 g/mol. The Bertz CT molecular complexity index is 647. The molecule has 0 heterocycles. The van der Waals surface area contributed by atoms with Gasteiger partial charge in [0.1, 0.15) is 5.82 Å². The zero-order chi connectivity index (χ0) is 14.0. The van der Waals surface area contributed by atoms with Gasteiger partial charge in [-0.15, -0.1) is 0 Å². The third kappa shape index (κ3) is 2.60. The minimum absolute atomic E-state index is 0.00979. The first kappa shape index (κ1) is 12.8. The number of hydrogen-bond donors (Lipinski definition) is 0. The van der Waals surface area contributed by atoms with Gasteiger partial charge in [0.15, 0.2) is 0 Å². The molecular formula is C14H7FO4-2. The largest absolute Gasteiger partial charge is 0.545 e. The number of rotatable bonds is 3. The normalized spacial score (nSPS) is 10.2. The van der Waals surface area contributed by atoms with Crippen molar-refractivity contribution in [2.75, 3.05) is 0 Å². The van der Waals surface area contributed by atoms with Gasteiger partial charge in [-0.25, -0.2) is 4.39 Å². The molecule has 5 heteroatoms. The molecule has 0 spiro atoms. The van der Waals surface area contributed by atoms with Gasteiger partial charge >= 0.3 is 0 Å². The molecule has 0 fully saturated rings. The second kappa shape index (κ2) is 4.89. The van der Waals surface area contributed by atoms with Crippen LogP contribution in [0.4, 0.5) is 4.39 Å². The molecule has 0 aliphatic carbocycles. The topological polar surface area (TPSA) is 80.3 Å². The monoisotopic (exact) mass is 258 g/mol. The molecule has 0 aromatic heterocycles. The van der Waals surface area contributed by atoms with E-state index in [9.17, 15) is 24.2 Å². The summed E-state index contributed by atoms with van der Waals surface area (Å²) in [5, 5.41) is 21.1. The minimum atomic E-state index is -1.59. The Morgan fingerprint density at radius 2 is 1.42 bits per heavy atom. The molecule has 0 bridgehead atoms. The second-order valence-electron chi connectivity index (χ2n) is 3.85. The zero-order valence-electron chi connectivity index (χ0n) is 9.55. The average Bonchev–Trinajstić information content (AvgIpc) is 2.38. The van der Waals surface area contributed by atoms with E-state index in [0.717, 1.165) is 12.1 Å². The second-order valence-corrected chi connectivity index (χ2v) is 3.85. The van der Waals surface area contributed by atoms with E-state index in [0.29, 0.717) is 11.1 Å². The smallest absolute Gasteiger partial charge is 0.132 e. The number of benzene rings is 2. The van der Waals surface area contributed by atoms with Gasteiger partial charge in [-0.05, 0) is 28.8 Å². The first-order valence-corrected chi connectivity index (χ1v) is 5.31. The van der Waals surface area contributed by atoms with Crippen molar-refractivity contribution >= 4 is 11.9 Å². The number of hydrogen-bond acceptors (Lipinski definition) is 4. The van der Waals surface area contributed by atoms with E-state index < -0.39 is 23.3 Å². The van der Waals surface area contributed by atoms with Crippen LogP contribution < -0.4 is 10.2 Å². The van der Waals surface area contributed by atoms with Crippen LogP contribution in [0.3, 0.4) is 0 Å². The van der Waals surface area contributed by atoms with Crippen molar-refractivity contribution in [1.29, 1.82) is 0 Å². The van der Waals surface area contributed by atoms with Gasteiger partial charge in [0.05, 0.1) is 11.9 Å². The van der Waals surface area contributed by atoms with E-state index in [4.69, 9.17) is 0 Å². The molecule has 0 saturated heterocycles. The van der Waals surface area contributed by atoms with E-state index >= 15 is 0 Å². The number of carbonyl (C=O) groups excluding carboxylic acids is 2. The van der Waals surface area contributed by atoms with Crippen LogP contribution in [-0.4, -0.2) is 11.9 Å². The highest BCUT2D eigenvalue weighted by molar-refractivity contribution is 5.88. The van der Waals surface area contributed by atoms with Gasteiger partial charge in [0, 0.05) is 5.56 Å². The van der Waals surface area contributed by atoms with Gasteiger partial charge in [-0.1, -0.05) is 30.3 Å². The molecule has 0 amide bonds. The maximum Gasteiger partial charge on any atom is 0.132 e. The van der Waals surface area contributed by atoms with E-state index in [1.54, 1.807) is 0 Å². The number of aromatic carboxylic acids is 2. The molecule has 2 aromatic carbocycles. The summed E-state index contributed by atoms with van der Waals surface area (Å²) in [5.41, 5.74) is 0.492. The lowest BCUT2D eigenvalue weighted by atomic mass is 10.0. The summed E-state index contributed by atoms with van der Waals surface area (Å²) in [6.07, 6.45) is 0. The highest BCUT2D eigenvalue weighted by Gasteiger charge is 2.06. The molecule has 0 aliphatic rings. The molecule has 96 valence electrons. The molecule has 0 aliphatic heterocycles. The third-order valence-corrected chi connectivity index (χ3v) is 2.64. The maximum atomic E-state index is 13.5. The summed E-state index contributed by atoms with van der Waals surface area (Å²) >= 11 is 0. The van der Waals surface area contributed by atoms with Crippen LogP contribution in [0.1, 0.15) is 20.7 Å². The molecule has 2 rings (SSSR count). The standard InChI is InChI=1S/C14H9FO4/c15-12-7-10(5-6-11(12)14(18)19)8-1-3-9(4-2-8)13(16)17/h1-7H,(H,16,17)(H,18,19)/p-2. The Balaban J connectivity index is 2.39. The van der Waals surface area contributed by atoms with Gasteiger partial charge in [-0.3, -0.25) is 0 Å². The predicted molar refractivity (Wildman–Crippen MR) is 60.5 cm³/mol. The summed E-state index contributed by atoms with van der Waals surface area (Å²) in [6.45, 7) is 0. The number of halogens is 1. The van der Waals surface area contributed by atoms with E-state index in [1.807, 2.05) is 0 Å². The van der Waals surface area contributed by atoms with Crippen LogP contribution >= 0.6 is 0 Å². The molecule has 4 nitrogen and oxygen atoms in total.